The number of nitrogens with zero attached hydrogens (tertiary/aromatic N) is 1. The molecule has 1 atom stereocenters. The summed E-state index contributed by atoms with van der Waals surface area (Å²) >= 11 is 7.89. The Bertz CT molecular complexity index is 792. The molecule has 1 aromatic heterocycles. The van der Waals surface area contributed by atoms with Gasteiger partial charge in [-0.2, -0.15) is 11.3 Å². The SMILES string of the molecule is COC1=CCC2C(=C1Cl)C(CC(=O)O)=C(C)N2C(=O)c1ccsc1. The number of amides is 1. The van der Waals surface area contributed by atoms with Crippen LogP contribution >= 0.6 is 22.9 Å². The Morgan fingerprint density at radius 2 is 2.25 bits per heavy atom. The molecule has 1 unspecified atom stereocenters. The van der Waals surface area contributed by atoms with Gasteiger partial charge in [0.2, 0.25) is 0 Å². The number of methoxy groups -OCH3 is 1. The van der Waals surface area contributed by atoms with E-state index in [0.717, 1.165) is 0 Å². The molecule has 0 bridgehead atoms. The van der Waals surface area contributed by atoms with Crippen LogP contribution in [0.1, 0.15) is 30.1 Å². The van der Waals surface area contributed by atoms with Crippen LogP contribution in [0, 0.1) is 0 Å². The summed E-state index contributed by atoms with van der Waals surface area (Å²) in [5.41, 5.74) is 2.49. The number of hydrogen-bond donors (Lipinski definition) is 1. The van der Waals surface area contributed by atoms with E-state index in [1.165, 1.54) is 18.4 Å². The summed E-state index contributed by atoms with van der Waals surface area (Å²) < 4.78 is 5.27. The van der Waals surface area contributed by atoms with Crippen LogP contribution in [0.25, 0.3) is 0 Å². The lowest BCUT2D eigenvalue weighted by atomic mass is 9.92. The second kappa shape index (κ2) is 6.45. The fourth-order valence-corrected chi connectivity index (χ4v) is 4.24. The Morgan fingerprint density at radius 3 is 2.83 bits per heavy atom. The van der Waals surface area contributed by atoms with Crippen LogP contribution in [0.15, 0.2) is 50.5 Å². The second-order valence-electron chi connectivity index (χ2n) is 5.57. The smallest absolute Gasteiger partial charge is 0.307 e. The molecule has 1 aliphatic carbocycles. The molecule has 1 amide bonds. The summed E-state index contributed by atoms with van der Waals surface area (Å²) in [7, 11) is 1.52. The van der Waals surface area contributed by atoms with Gasteiger partial charge in [0.05, 0.1) is 30.2 Å². The normalized spacial score (nSPS) is 20.2. The number of fused-ring (bicyclic) bond motifs is 1. The summed E-state index contributed by atoms with van der Waals surface area (Å²) in [6.07, 6.45) is 2.19. The molecule has 0 saturated heterocycles. The number of aliphatic carboxylic acids is 1. The largest absolute Gasteiger partial charge is 0.496 e. The maximum Gasteiger partial charge on any atom is 0.307 e. The number of carboxylic acid groups (broad SMARTS) is 1. The summed E-state index contributed by atoms with van der Waals surface area (Å²) in [6, 6.07) is 1.47. The van der Waals surface area contributed by atoms with Gasteiger partial charge in [0.25, 0.3) is 5.91 Å². The number of allylic oxidation sites excluding steroid dienone is 2. The van der Waals surface area contributed by atoms with E-state index < -0.39 is 5.97 Å². The third-order valence-corrected chi connectivity index (χ3v) is 5.36. The van der Waals surface area contributed by atoms with E-state index in [1.807, 2.05) is 11.5 Å². The molecule has 24 heavy (non-hydrogen) atoms. The van der Waals surface area contributed by atoms with Crippen LogP contribution in [0.2, 0.25) is 0 Å². The number of carbonyl (C=O) groups is 2. The standard InChI is InChI=1S/C17H16ClNO4S/c1-9-11(7-14(20)21)15-12(3-4-13(23-2)16(15)18)19(9)17(22)10-5-6-24-8-10/h4-6,8,12H,3,7H2,1-2H3,(H,20,21). The van der Waals surface area contributed by atoms with Crippen molar-refractivity contribution in [1.82, 2.24) is 4.90 Å². The average Bonchev–Trinajstić information content (AvgIpc) is 3.15. The Labute approximate surface area is 148 Å². The van der Waals surface area contributed by atoms with Crippen LogP contribution in [0.5, 0.6) is 0 Å². The minimum absolute atomic E-state index is 0.143. The molecule has 1 aromatic rings. The van der Waals surface area contributed by atoms with Crippen molar-refractivity contribution in [2.75, 3.05) is 7.11 Å². The van der Waals surface area contributed by atoms with Crippen molar-refractivity contribution in [3.8, 4) is 0 Å². The van der Waals surface area contributed by atoms with Crippen LogP contribution in [0.3, 0.4) is 0 Å². The predicted molar refractivity (Wildman–Crippen MR) is 91.8 cm³/mol. The van der Waals surface area contributed by atoms with Crippen LogP contribution in [-0.4, -0.2) is 35.0 Å². The van der Waals surface area contributed by atoms with Crippen LogP contribution in [-0.2, 0) is 9.53 Å². The molecule has 126 valence electrons. The van der Waals surface area contributed by atoms with E-state index >= 15 is 0 Å². The maximum absolute atomic E-state index is 12.9. The summed E-state index contributed by atoms with van der Waals surface area (Å²) in [5, 5.41) is 13.3. The summed E-state index contributed by atoms with van der Waals surface area (Å²) in [6.45, 7) is 1.77. The number of hydrogen-bond acceptors (Lipinski definition) is 4. The molecule has 0 spiro atoms. The molecular weight excluding hydrogens is 350 g/mol. The molecule has 1 N–H and O–H groups in total. The quantitative estimate of drug-likeness (QED) is 0.882. The monoisotopic (exact) mass is 365 g/mol. The Morgan fingerprint density at radius 1 is 1.50 bits per heavy atom. The average molecular weight is 366 g/mol. The maximum atomic E-state index is 12.9. The molecule has 7 heteroatoms. The molecule has 2 heterocycles. The fourth-order valence-electron chi connectivity index (χ4n) is 3.21. The number of thiophene rings is 1. The van der Waals surface area contributed by atoms with Crippen molar-refractivity contribution in [3.05, 3.63) is 56.1 Å². The number of halogens is 1. The van der Waals surface area contributed by atoms with E-state index in [-0.39, 0.29) is 18.4 Å². The van der Waals surface area contributed by atoms with Crippen LogP contribution < -0.4 is 0 Å². The zero-order chi connectivity index (χ0) is 17.4. The highest BCUT2D eigenvalue weighted by Crippen LogP contribution is 2.45. The van der Waals surface area contributed by atoms with Crippen molar-refractivity contribution in [3.63, 3.8) is 0 Å². The summed E-state index contributed by atoms with van der Waals surface area (Å²) in [4.78, 5) is 25.8. The molecule has 0 radical (unpaired) electrons. The minimum atomic E-state index is -0.960. The first-order valence-electron chi connectivity index (χ1n) is 7.37. The summed E-state index contributed by atoms with van der Waals surface area (Å²) in [5.74, 6) is -0.586. The first-order chi connectivity index (χ1) is 11.5. The molecule has 3 rings (SSSR count). The van der Waals surface area contributed by atoms with Crippen molar-refractivity contribution < 1.29 is 19.4 Å². The van der Waals surface area contributed by atoms with E-state index in [9.17, 15) is 14.7 Å². The van der Waals surface area contributed by atoms with Gasteiger partial charge in [-0.25, -0.2) is 0 Å². The lowest BCUT2D eigenvalue weighted by Gasteiger charge is -2.29. The Hall–Kier alpha value is -2.05. The van der Waals surface area contributed by atoms with Gasteiger partial charge in [-0.05, 0) is 36.4 Å². The number of carbonyl (C=O) groups excluding carboxylic acids is 1. The third kappa shape index (κ3) is 2.65. The van der Waals surface area contributed by atoms with E-state index in [4.69, 9.17) is 16.3 Å². The molecule has 5 nitrogen and oxygen atoms in total. The first-order valence-corrected chi connectivity index (χ1v) is 8.69. The zero-order valence-corrected chi connectivity index (χ0v) is 14.8. The highest BCUT2D eigenvalue weighted by molar-refractivity contribution is 7.08. The van der Waals surface area contributed by atoms with E-state index in [0.29, 0.717) is 39.6 Å². The molecular formula is C17H16ClNO4S. The molecule has 2 aliphatic rings. The lowest BCUT2D eigenvalue weighted by molar-refractivity contribution is -0.136. The van der Waals surface area contributed by atoms with E-state index in [1.54, 1.807) is 23.3 Å². The molecule has 0 aromatic carbocycles. The van der Waals surface area contributed by atoms with Gasteiger partial charge in [-0.1, -0.05) is 11.6 Å². The van der Waals surface area contributed by atoms with Crippen LogP contribution in [0.4, 0.5) is 0 Å². The molecule has 0 fully saturated rings. The van der Waals surface area contributed by atoms with Gasteiger partial charge in [-0.3, -0.25) is 9.59 Å². The van der Waals surface area contributed by atoms with Crippen molar-refractivity contribution in [1.29, 1.82) is 0 Å². The molecule has 0 saturated carbocycles. The Kier molecular flexibility index (Phi) is 4.51. The molecule has 1 aliphatic heterocycles. The minimum Gasteiger partial charge on any atom is -0.496 e. The predicted octanol–water partition coefficient (Wildman–Crippen LogP) is 3.75. The van der Waals surface area contributed by atoms with Gasteiger partial charge in [0.1, 0.15) is 5.76 Å². The van der Waals surface area contributed by atoms with Crippen molar-refractivity contribution in [2.24, 2.45) is 0 Å². The Balaban J connectivity index is 2.10. The van der Waals surface area contributed by atoms with Crippen molar-refractivity contribution >= 4 is 34.8 Å². The van der Waals surface area contributed by atoms with Crippen molar-refractivity contribution in [2.45, 2.75) is 25.8 Å². The highest BCUT2D eigenvalue weighted by Gasteiger charge is 2.42. The topological polar surface area (TPSA) is 66.8 Å². The highest BCUT2D eigenvalue weighted by atomic mass is 35.5. The van der Waals surface area contributed by atoms with Gasteiger partial charge in [0, 0.05) is 16.7 Å². The number of carboxylic acids is 1. The lowest BCUT2D eigenvalue weighted by Crippen LogP contribution is -2.36. The zero-order valence-electron chi connectivity index (χ0n) is 13.2. The van der Waals surface area contributed by atoms with Gasteiger partial charge < -0.3 is 14.7 Å². The third-order valence-electron chi connectivity index (χ3n) is 4.28. The second-order valence-corrected chi connectivity index (χ2v) is 6.73. The van der Waals surface area contributed by atoms with E-state index in [2.05, 4.69) is 0 Å². The van der Waals surface area contributed by atoms with Gasteiger partial charge >= 0.3 is 5.97 Å². The number of rotatable bonds is 4. The van der Waals surface area contributed by atoms with Gasteiger partial charge in [0.15, 0.2) is 0 Å². The fraction of sp³-hybridized carbons (Fsp3) is 0.294. The van der Waals surface area contributed by atoms with Gasteiger partial charge in [-0.15, -0.1) is 0 Å². The first kappa shape index (κ1) is 16.8. The number of ether oxygens (including phenoxy) is 1.